The van der Waals surface area contributed by atoms with Gasteiger partial charge < -0.3 is 10.5 Å². The number of rotatable bonds is 3. The number of hydrogen-bond donors (Lipinski definition) is 1. The molecule has 2 aromatic rings. The summed E-state index contributed by atoms with van der Waals surface area (Å²) in [6, 6.07) is 1.70. The number of nitrogens with two attached hydrogens (primary N) is 1. The molecule has 0 unspecified atom stereocenters. The molecule has 0 radical (unpaired) electrons. The molecule has 90 valence electrons. The highest BCUT2D eigenvalue weighted by Gasteiger charge is 2.17. The predicted octanol–water partition coefficient (Wildman–Crippen LogP) is 1.74. The minimum Gasteiger partial charge on any atom is -0.465 e. The summed E-state index contributed by atoms with van der Waals surface area (Å²) in [6.07, 6.45) is 3.34. The van der Waals surface area contributed by atoms with Crippen LogP contribution in [0.3, 0.4) is 0 Å². The van der Waals surface area contributed by atoms with Crippen molar-refractivity contribution < 1.29 is 9.53 Å². The van der Waals surface area contributed by atoms with Gasteiger partial charge in [0.25, 0.3) is 0 Å². The maximum absolute atomic E-state index is 11.6. The quantitative estimate of drug-likeness (QED) is 0.843. The van der Waals surface area contributed by atoms with Crippen LogP contribution in [0, 0.1) is 0 Å². The molecule has 2 N–H and O–H groups in total. The highest BCUT2D eigenvalue weighted by atomic mass is 32.1. The maximum atomic E-state index is 11.6. The second kappa shape index (κ2) is 4.68. The number of imidazole rings is 1. The third-order valence-corrected chi connectivity index (χ3v) is 3.29. The van der Waals surface area contributed by atoms with Gasteiger partial charge in [-0.3, -0.25) is 4.57 Å². The number of hydrogen-bond acceptors (Lipinski definition) is 5. The van der Waals surface area contributed by atoms with E-state index in [1.165, 1.54) is 18.4 Å². The van der Waals surface area contributed by atoms with E-state index >= 15 is 0 Å². The van der Waals surface area contributed by atoms with E-state index < -0.39 is 0 Å². The number of nitrogens with zero attached hydrogens (tertiary/aromatic N) is 2. The van der Waals surface area contributed by atoms with Crippen LogP contribution in [0.5, 0.6) is 0 Å². The molecule has 0 aliphatic rings. The number of ether oxygens (including phenoxy) is 1. The van der Waals surface area contributed by atoms with E-state index in [4.69, 9.17) is 10.5 Å². The SMILES string of the molecule is COC(=O)c1sccc1-n1cncc1[C@H](C)N. The summed E-state index contributed by atoms with van der Waals surface area (Å²) >= 11 is 1.34. The summed E-state index contributed by atoms with van der Waals surface area (Å²) in [5, 5.41) is 1.84. The Morgan fingerprint density at radius 3 is 3.06 bits per heavy atom. The standard InChI is InChI=1S/C11H13N3O2S/c1-7(12)9-5-13-6-14(9)8-3-4-17-10(8)11(15)16-2/h3-7H,12H2,1-2H3/t7-/m0/s1. The van der Waals surface area contributed by atoms with Gasteiger partial charge in [-0.1, -0.05) is 0 Å². The Bertz CT molecular complexity index is 530. The van der Waals surface area contributed by atoms with Crippen LogP contribution >= 0.6 is 11.3 Å². The normalized spacial score (nSPS) is 12.4. The molecule has 0 aromatic carbocycles. The van der Waals surface area contributed by atoms with E-state index in [-0.39, 0.29) is 12.0 Å². The zero-order valence-electron chi connectivity index (χ0n) is 9.58. The van der Waals surface area contributed by atoms with Crippen LogP contribution in [-0.2, 0) is 4.74 Å². The first kappa shape index (κ1) is 11.8. The zero-order valence-corrected chi connectivity index (χ0v) is 10.4. The summed E-state index contributed by atoms with van der Waals surface area (Å²) in [7, 11) is 1.37. The second-order valence-corrected chi connectivity index (χ2v) is 4.52. The lowest BCUT2D eigenvalue weighted by Crippen LogP contribution is -2.12. The van der Waals surface area contributed by atoms with Crippen molar-refractivity contribution in [2.75, 3.05) is 7.11 Å². The summed E-state index contributed by atoms with van der Waals surface area (Å²) in [5.41, 5.74) is 7.46. The van der Waals surface area contributed by atoms with E-state index in [2.05, 4.69) is 4.98 Å². The van der Waals surface area contributed by atoms with Crippen LogP contribution in [0.2, 0.25) is 0 Å². The van der Waals surface area contributed by atoms with E-state index in [9.17, 15) is 4.79 Å². The molecule has 2 aromatic heterocycles. The third-order valence-electron chi connectivity index (χ3n) is 2.41. The number of carbonyl (C=O) groups excluding carboxylic acids is 1. The minimum absolute atomic E-state index is 0.150. The predicted molar refractivity (Wildman–Crippen MR) is 65.4 cm³/mol. The second-order valence-electron chi connectivity index (χ2n) is 3.60. The fraction of sp³-hybridized carbons (Fsp3) is 0.273. The first-order valence-electron chi connectivity index (χ1n) is 5.09. The molecule has 0 saturated heterocycles. The van der Waals surface area contributed by atoms with Crippen LogP contribution in [0.1, 0.15) is 28.3 Å². The average Bonchev–Trinajstić information content (AvgIpc) is 2.95. The Balaban J connectivity index is 2.50. The first-order valence-corrected chi connectivity index (χ1v) is 5.97. The van der Waals surface area contributed by atoms with Crippen molar-refractivity contribution in [1.29, 1.82) is 0 Å². The van der Waals surface area contributed by atoms with E-state index in [0.717, 1.165) is 11.4 Å². The van der Waals surface area contributed by atoms with Crippen molar-refractivity contribution in [3.63, 3.8) is 0 Å². The Labute approximate surface area is 103 Å². The van der Waals surface area contributed by atoms with Crippen molar-refractivity contribution in [1.82, 2.24) is 9.55 Å². The smallest absolute Gasteiger partial charge is 0.350 e. The molecule has 0 aliphatic heterocycles. The molecule has 17 heavy (non-hydrogen) atoms. The molecule has 5 nitrogen and oxygen atoms in total. The Morgan fingerprint density at radius 2 is 2.41 bits per heavy atom. The average molecular weight is 251 g/mol. The van der Waals surface area contributed by atoms with Gasteiger partial charge in [-0.05, 0) is 18.4 Å². The van der Waals surface area contributed by atoms with Gasteiger partial charge in [-0.25, -0.2) is 9.78 Å². The van der Waals surface area contributed by atoms with Crippen LogP contribution in [0.4, 0.5) is 0 Å². The fourth-order valence-corrected chi connectivity index (χ4v) is 2.38. The first-order chi connectivity index (χ1) is 8.15. The lowest BCUT2D eigenvalue weighted by Gasteiger charge is -2.10. The van der Waals surface area contributed by atoms with Gasteiger partial charge in [0, 0.05) is 6.04 Å². The fourth-order valence-electron chi connectivity index (χ4n) is 1.58. The highest BCUT2D eigenvalue weighted by Crippen LogP contribution is 2.24. The van der Waals surface area contributed by atoms with Crippen molar-refractivity contribution in [3.05, 3.63) is 34.5 Å². The zero-order chi connectivity index (χ0) is 12.4. The summed E-state index contributed by atoms with van der Waals surface area (Å²) in [4.78, 5) is 16.2. The summed E-state index contributed by atoms with van der Waals surface area (Å²) < 4.78 is 6.55. The largest absolute Gasteiger partial charge is 0.465 e. The van der Waals surface area contributed by atoms with Gasteiger partial charge >= 0.3 is 5.97 Å². The Kier molecular flexibility index (Phi) is 3.26. The maximum Gasteiger partial charge on any atom is 0.350 e. The van der Waals surface area contributed by atoms with Crippen LogP contribution < -0.4 is 5.73 Å². The molecule has 0 spiro atoms. The summed E-state index contributed by atoms with van der Waals surface area (Å²) in [6.45, 7) is 1.87. The Morgan fingerprint density at radius 1 is 1.65 bits per heavy atom. The number of esters is 1. The van der Waals surface area contributed by atoms with Crippen LogP contribution in [-0.4, -0.2) is 22.6 Å². The van der Waals surface area contributed by atoms with Crippen molar-refractivity contribution in [3.8, 4) is 5.69 Å². The van der Waals surface area contributed by atoms with Gasteiger partial charge in [0.1, 0.15) is 4.88 Å². The lowest BCUT2D eigenvalue weighted by molar-refractivity contribution is 0.0606. The lowest BCUT2D eigenvalue weighted by atomic mass is 10.2. The van der Waals surface area contributed by atoms with Crippen molar-refractivity contribution >= 4 is 17.3 Å². The van der Waals surface area contributed by atoms with Crippen molar-refractivity contribution in [2.45, 2.75) is 13.0 Å². The topological polar surface area (TPSA) is 70.1 Å². The van der Waals surface area contributed by atoms with E-state index in [1.807, 2.05) is 22.9 Å². The van der Waals surface area contributed by atoms with E-state index in [0.29, 0.717) is 4.88 Å². The molecule has 0 fully saturated rings. The molecular formula is C11H13N3O2S. The van der Waals surface area contributed by atoms with Gasteiger partial charge in [0.2, 0.25) is 0 Å². The molecule has 0 saturated carbocycles. The molecule has 0 aliphatic carbocycles. The molecule has 0 bridgehead atoms. The van der Waals surface area contributed by atoms with Gasteiger partial charge in [0.05, 0.1) is 31.0 Å². The molecule has 2 heterocycles. The molecular weight excluding hydrogens is 238 g/mol. The molecule has 6 heteroatoms. The Hall–Kier alpha value is -1.66. The number of methoxy groups -OCH3 is 1. The number of aromatic nitrogens is 2. The van der Waals surface area contributed by atoms with Crippen molar-refractivity contribution in [2.24, 2.45) is 5.73 Å². The highest BCUT2D eigenvalue weighted by molar-refractivity contribution is 7.12. The molecule has 1 atom stereocenters. The van der Waals surface area contributed by atoms with Gasteiger partial charge in [0.15, 0.2) is 0 Å². The van der Waals surface area contributed by atoms with Crippen LogP contribution in [0.25, 0.3) is 5.69 Å². The van der Waals surface area contributed by atoms with Gasteiger partial charge in [-0.2, -0.15) is 0 Å². The summed E-state index contributed by atoms with van der Waals surface area (Å²) in [5.74, 6) is -0.348. The molecule has 2 rings (SSSR count). The van der Waals surface area contributed by atoms with E-state index in [1.54, 1.807) is 12.5 Å². The number of thiophene rings is 1. The monoisotopic (exact) mass is 251 g/mol. The number of carbonyl (C=O) groups is 1. The molecule has 0 amide bonds. The van der Waals surface area contributed by atoms with Crippen LogP contribution in [0.15, 0.2) is 24.0 Å². The van der Waals surface area contributed by atoms with Gasteiger partial charge in [-0.15, -0.1) is 11.3 Å². The third kappa shape index (κ3) is 2.09. The minimum atomic E-state index is -0.348.